The first kappa shape index (κ1) is 17.1. The Labute approximate surface area is 155 Å². The van der Waals surface area contributed by atoms with Crippen LogP contribution in [0.4, 0.5) is 11.5 Å². The Kier molecular flexibility index (Phi) is 4.43. The first-order valence-electron chi connectivity index (χ1n) is 9.65. The SMILES string of the molecule is CC1CC(C)CN(C(=O)c2ccc(N3c4ccccc4CC3C)nc2)C1. The van der Waals surface area contributed by atoms with Gasteiger partial charge in [-0.05, 0) is 55.4 Å². The monoisotopic (exact) mass is 349 g/mol. The van der Waals surface area contributed by atoms with Crippen molar-refractivity contribution in [3.63, 3.8) is 0 Å². The fraction of sp³-hybridized carbons (Fsp3) is 0.455. The first-order chi connectivity index (χ1) is 12.5. The Morgan fingerprint density at radius 3 is 2.46 bits per heavy atom. The fourth-order valence-electron chi connectivity index (χ4n) is 4.58. The predicted octanol–water partition coefficient (Wildman–Crippen LogP) is 4.28. The number of rotatable bonds is 2. The molecule has 1 aromatic carbocycles. The molecule has 0 bridgehead atoms. The summed E-state index contributed by atoms with van der Waals surface area (Å²) in [7, 11) is 0. The van der Waals surface area contributed by atoms with Crippen LogP contribution in [0.1, 0.15) is 43.1 Å². The number of carbonyl (C=O) groups is 1. The normalized spacial score (nSPS) is 25.3. The maximum atomic E-state index is 12.9. The summed E-state index contributed by atoms with van der Waals surface area (Å²) < 4.78 is 0. The van der Waals surface area contributed by atoms with Crippen LogP contribution in [0.3, 0.4) is 0 Å². The zero-order valence-corrected chi connectivity index (χ0v) is 15.9. The van der Waals surface area contributed by atoms with Crippen LogP contribution in [0, 0.1) is 11.8 Å². The molecule has 2 aromatic rings. The van der Waals surface area contributed by atoms with Crippen molar-refractivity contribution in [1.82, 2.24) is 9.88 Å². The summed E-state index contributed by atoms with van der Waals surface area (Å²) in [6, 6.07) is 12.8. The van der Waals surface area contributed by atoms with E-state index in [4.69, 9.17) is 0 Å². The molecule has 2 aliphatic rings. The number of hydrogen-bond donors (Lipinski definition) is 0. The van der Waals surface area contributed by atoms with Crippen molar-refractivity contribution < 1.29 is 4.79 Å². The molecular formula is C22H27N3O. The minimum atomic E-state index is 0.109. The number of benzene rings is 1. The molecule has 3 unspecified atom stereocenters. The van der Waals surface area contributed by atoms with Crippen LogP contribution in [-0.4, -0.2) is 34.9 Å². The van der Waals surface area contributed by atoms with E-state index in [0.29, 0.717) is 23.4 Å². The van der Waals surface area contributed by atoms with Gasteiger partial charge in [0.15, 0.2) is 0 Å². The van der Waals surface area contributed by atoms with E-state index >= 15 is 0 Å². The van der Waals surface area contributed by atoms with E-state index in [2.05, 4.69) is 54.9 Å². The molecule has 0 radical (unpaired) electrons. The summed E-state index contributed by atoms with van der Waals surface area (Å²) in [5.41, 5.74) is 3.28. The molecular weight excluding hydrogens is 322 g/mol. The molecule has 2 aliphatic heterocycles. The molecule has 1 saturated heterocycles. The quantitative estimate of drug-likeness (QED) is 0.812. The molecule has 1 aromatic heterocycles. The summed E-state index contributed by atoms with van der Waals surface area (Å²) in [5.74, 6) is 2.16. The summed E-state index contributed by atoms with van der Waals surface area (Å²) in [6.45, 7) is 8.37. The molecule has 3 heterocycles. The Hall–Kier alpha value is -2.36. The van der Waals surface area contributed by atoms with Gasteiger partial charge >= 0.3 is 0 Å². The van der Waals surface area contributed by atoms with Crippen molar-refractivity contribution in [2.45, 2.75) is 39.7 Å². The number of para-hydroxylation sites is 1. The number of amides is 1. The first-order valence-corrected chi connectivity index (χ1v) is 9.65. The highest BCUT2D eigenvalue weighted by Crippen LogP contribution is 2.37. The third-order valence-corrected chi connectivity index (χ3v) is 5.60. The van der Waals surface area contributed by atoms with Crippen LogP contribution in [0.5, 0.6) is 0 Å². The van der Waals surface area contributed by atoms with Crippen molar-refractivity contribution in [3.8, 4) is 0 Å². The summed E-state index contributed by atoms with van der Waals surface area (Å²) in [6.07, 6.45) is 3.98. The van der Waals surface area contributed by atoms with Crippen LogP contribution in [-0.2, 0) is 6.42 Å². The van der Waals surface area contributed by atoms with Gasteiger partial charge < -0.3 is 9.80 Å². The highest BCUT2D eigenvalue weighted by Gasteiger charge is 2.29. The molecule has 4 rings (SSSR count). The van der Waals surface area contributed by atoms with Crippen LogP contribution in [0.2, 0.25) is 0 Å². The van der Waals surface area contributed by atoms with Crippen molar-refractivity contribution >= 4 is 17.4 Å². The average Bonchev–Trinajstić information content (AvgIpc) is 2.96. The lowest BCUT2D eigenvalue weighted by atomic mass is 9.91. The van der Waals surface area contributed by atoms with Gasteiger partial charge in [0, 0.05) is 31.0 Å². The Bertz CT molecular complexity index is 791. The van der Waals surface area contributed by atoms with Crippen molar-refractivity contribution in [1.29, 1.82) is 0 Å². The second-order valence-corrected chi connectivity index (χ2v) is 8.11. The number of aromatic nitrogens is 1. The van der Waals surface area contributed by atoms with E-state index in [1.165, 1.54) is 17.7 Å². The Morgan fingerprint density at radius 2 is 1.77 bits per heavy atom. The predicted molar refractivity (Wildman–Crippen MR) is 105 cm³/mol. The number of pyridine rings is 1. The Morgan fingerprint density at radius 1 is 1.04 bits per heavy atom. The van der Waals surface area contributed by atoms with Crippen LogP contribution >= 0.6 is 0 Å². The zero-order chi connectivity index (χ0) is 18.3. The molecule has 0 spiro atoms. The molecule has 0 saturated carbocycles. The highest BCUT2D eigenvalue weighted by molar-refractivity contribution is 5.94. The molecule has 26 heavy (non-hydrogen) atoms. The summed E-state index contributed by atoms with van der Waals surface area (Å²) >= 11 is 0. The van der Waals surface area contributed by atoms with Gasteiger partial charge in [-0.3, -0.25) is 4.79 Å². The van der Waals surface area contributed by atoms with Gasteiger partial charge in [-0.1, -0.05) is 32.0 Å². The summed E-state index contributed by atoms with van der Waals surface area (Å²) in [4.78, 5) is 21.8. The Balaban J connectivity index is 1.55. The number of hydrogen-bond acceptors (Lipinski definition) is 3. The van der Waals surface area contributed by atoms with E-state index in [9.17, 15) is 4.79 Å². The molecule has 0 aliphatic carbocycles. The standard InChI is InChI=1S/C22H27N3O/c1-15-10-16(2)14-24(13-15)22(26)19-8-9-21(23-12-19)25-17(3)11-18-6-4-5-7-20(18)25/h4-9,12,15-17H,10-11,13-14H2,1-3H3. The molecule has 1 amide bonds. The van der Waals surface area contributed by atoms with Gasteiger partial charge in [0.25, 0.3) is 5.91 Å². The van der Waals surface area contributed by atoms with E-state index in [1.807, 2.05) is 17.0 Å². The largest absolute Gasteiger partial charge is 0.338 e. The number of nitrogens with zero attached hydrogens (tertiary/aromatic N) is 3. The number of piperidine rings is 1. The average molecular weight is 349 g/mol. The van der Waals surface area contributed by atoms with Crippen molar-refractivity contribution in [2.75, 3.05) is 18.0 Å². The van der Waals surface area contributed by atoms with E-state index in [-0.39, 0.29) is 5.91 Å². The second-order valence-electron chi connectivity index (χ2n) is 8.11. The lowest BCUT2D eigenvalue weighted by Crippen LogP contribution is -2.42. The number of fused-ring (bicyclic) bond motifs is 1. The van der Waals surface area contributed by atoms with Crippen LogP contribution in [0.15, 0.2) is 42.6 Å². The van der Waals surface area contributed by atoms with Gasteiger partial charge in [0.2, 0.25) is 0 Å². The van der Waals surface area contributed by atoms with E-state index < -0.39 is 0 Å². The number of anilines is 2. The van der Waals surface area contributed by atoms with Crippen LogP contribution < -0.4 is 4.90 Å². The minimum Gasteiger partial charge on any atom is -0.338 e. The smallest absolute Gasteiger partial charge is 0.255 e. The van der Waals surface area contributed by atoms with Gasteiger partial charge in [0.1, 0.15) is 5.82 Å². The van der Waals surface area contributed by atoms with Gasteiger partial charge in [0.05, 0.1) is 5.56 Å². The fourth-order valence-corrected chi connectivity index (χ4v) is 4.58. The maximum Gasteiger partial charge on any atom is 0.255 e. The highest BCUT2D eigenvalue weighted by atomic mass is 16.2. The lowest BCUT2D eigenvalue weighted by Gasteiger charge is -2.35. The van der Waals surface area contributed by atoms with Gasteiger partial charge in [-0.15, -0.1) is 0 Å². The molecule has 1 fully saturated rings. The van der Waals surface area contributed by atoms with Crippen molar-refractivity contribution in [2.24, 2.45) is 11.8 Å². The third-order valence-electron chi connectivity index (χ3n) is 5.60. The third kappa shape index (κ3) is 3.09. The molecule has 0 N–H and O–H groups in total. The zero-order valence-electron chi connectivity index (χ0n) is 15.9. The van der Waals surface area contributed by atoms with Gasteiger partial charge in [-0.2, -0.15) is 0 Å². The maximum absolute atomic E-state index is 12.9. The molecule has 3 atom stereocenters. The van der Waals surface area contributed by atoms with Crippen molar-refractivity contribution in [3.05, 3.63) is 53.7 Å². The van der Waals surface area contributed by atoms with E-state index in [0.717, 1.165) is 25.3 Å². The van der Waals surface area contributed by atoms with Gasteiger partial charge in [-0.25, -0.2) is 4.98 Å². The lowest BCUT2D eigenvalue weighted by molar-refractivity contribution is 0.0623. The number of likely N-dealkylation sites (tertiary alicyclic amines) is 1. The topological polar surface area (TPSA) is 36.4 Å². The summed E-state index contributed by atoms with van der Waals surface area (Å²) in [5, 5.41) is 0. The van der Waals surface area contributed by atoms with Crippen LogP contribution in [0.25, 0.3) is 0 Å². The second kappa shape index (κ2) is 6.75. The minimum absolute atomic E-state index is 0.109. The molecule has 4 nitrogen and oxygen atoms in total. The van der Waals surface area contributed by atoms with E-state index in [1.54, 1.807) is 6.20 Å². The molecule has 136 valence electrons. The molecule has 4 heteroatoms. The number of carbonyl (C=O) groups excluding carboxylic acids is 1.